The summed E-state index contributed by atoms with van der Waals surface area (Å²) in [6.07, 6.45) is 1.95. The highest BCUT2D eigenvalue weighted by Gasteiger charge is 2.28. The van der Waals surface area contributed by atoms with E-state index >= 15 is 0 Å². The first kappa shape index (κ1) is 20.2. The average Bonchev–Trinajstić information content (AvgIpc) is 2.33. The van der Waals surface area contributed by atoms with Crippen LogP contribution in [0.5, 0.6) is 0 Å². The molecule has 134 valence electrons. The Morgan fingerprint density at radius 1 is 0.875 bits per heavy atom. The van der Waals surface area contributed by atoms with Crippen LogP contribution in [-0.2, 0) is 19.3 Å². The number of aromatic carboxylic acids is 2. The lowest BCUT2D eigenvalue weighted by molar-refractivity contribution is 0.0649. The van der Waals surface area contributed by atoms with Crippen LogP contribution in [0.2, 0.25) is 0 Å². The Morgan fingerprint density at radius 2 is 1.38 bits per heavy atom. The molecule has 1 rings (SSSR count). The molecule has 24 heavy (non-hydrogen) atoms. The Balaban J connectivity index is 3.82. The summed E-state index contributed by atoms with van der Waals surface area (Å²) in [5.74, 6) is -2.34. The summed E-state index contributed by atoms with van der Waals surface area (Å²) in [5.41, 5.74) is 2.32. The van der Waals surface area contributed by atoms with Gasteiger partial charge in [-0.15, -0.1) is 0 Å². The monoisotopic (exact) mass is 334 g/mol. The predicted octanol–water partition coefficient (Wildman–Crippen LogP) is 4.82. The van der Waals surface area contributed by atoms with Gasteiger partial charge >= 0.3 is 11.9 Å². The molecule has 4 nitrogen and oxygen atoms in total. The van der Waals surface area contributed by atoms with E-state index in [0.717, 1.165) is 11.1 Å². The average molecular weight is 334 g/mol. The van der Waals surface area contributed by atoms with Crippen LogP contribution >= 0.6 is 0 Å². The zero-order valence-corrected chi connectivity index (χ0v) is 15.9. The maximum atomic E-state index is 11.8. The van der Waals surface area contributed by atoms with Crippen molar-refractivity contribution in [2.45, 2.75) is 67.7 Å². The first-order valence-electron chi connectivity index (χ1n) is 8.41. The van der Waals surface area contributed by atoms with Gasteiger partial charge in [0.05, 0.1) is 11.1 Å². The van der Waals surface area contributed by atoms with Gasteiger partial charge in [0.15, 0.2) is 0 Å². The van der Waals surface area contributed by atoms with Crippen molar-refractivity contribution in [3.8, 4) is 0 Å². The molecule has 0 aliphatic carbocycles. The van der Waals surface area contributed by atoms with E-state index in [1.165, 1.54) is 0 Å². The Morgan fingerprint density at radius 3 is 1.71 bits per heavy atom. The molecule has 0 bridgehead atoms. The van der Waals surface area contributed by atoms with E-state index in [-0.39, 0.29) is 22.0 Å². The normalized spacial score (nSPS) is 12.3. The second-order valence-electron chi connectivity index (χ2n) is 8.85. The van der Waals surface area contributed by atoms with Crippen LogP contribution in [0.15, 0.2) is 6.07 Å². The summed E-state index contributed by atoms with van der Waals surface area (Å²) < 4.78 is 0. The van der Waals surface area contributed by atoms with Gasteiger partial charge in [-0.2, -0.15) is 0 Å². The summed E-state index contributed by atoms with van der Waals surface area (Å²) in [6, 6.07) is 1.57. The Bertz CT molecular complexity index is 643. The quantitative estimate of drug-likeness (QED) is 0.809. The van der Waals surface area contributed by atoms with Crippen LogP contribution in [0.3, 0.4) is 0 Å². The minimum absolute atomic E-state index is 0.0105. The van der Waals surface area contributed by atoms with Gasteiger partial charge in [0, 0.05) is 0 Å². The molecule has 4 heteroatoms. The zero-order chi connectivity index (χ0) is 18.9. The van der Waals surface area contributed by atoms with Crippen molar-refractivity contribution in [1.29, 1.82) is 0 Å². The van der Waals surface area contributed by atoms with Crippen LogP contribution < -0.4 is 0 Å². The maximum absolute atomic E-state index is 11.8. The van der Waals surface area contributed by atoms with Crippen molar-refractivity contribution in [3.05, 3.63) is 33.9 Å². The van der Waals surface area contributed by atoms with Gasteiger partial charge in [0.1, 0.15) is 0 Å². The minimum atomic E-state index is -1.18. The molecule has 0 radical (unpaired) electrons. The van der Waals surface area contributed by atoms with Crippen molar-refractivity contribution in [2.24, 2.45) is 10.8 Å². The van der Waals surface area contributed by atoms with Gasteiger partial charge in [-0.1, -0.05) is 48.5 Å². The third kappa shape index (κ3) is 5.08. The van der Waals surface area contributed by atoms with Crippen LogP contribution in [0, 0.1) is 10.8 Å². The Labute approximate surface area is 144 Å². The molecule has 0 saturated heterocycles. The van der Waals surface area contributed by atoms with Crippen molar-refractivity contribution in [1.82, 2.24) is 0 Å². The number of benzene rings is 1. The highest BCUT2D eigenvalue weighted by Crippen LogP contribution is 2.33. The first-order chi connectivity index (χ1) is 10.8. The Hall–Kier alpha value is -1.84. The molecule has 0 saturated carbocycles. The largest absolute Gasteiger partial charge is 0.478 e. The smallest absolute Gasteiger partial charge is 0.336 e. The number of carbonyl (C=O) groups is 2. The van der Waals surface area contributed by atoms with Crippen LogP contribution in [0.1, 0.15) is 85.9 Å². The van der Waals surface area contributed by atoms with Crippen LogP contribution in [-0.4, -0.2) is 22.2 Å². The van der Waals surface area contributed by atoms with E-state index in [4.69, 9.17) is 0 Å². The number of hydrogen-bond acceptors (Lipinski definition) is 2. The van der Waals surface area contributed by atoms with Gasteiger partial charge < -0.3 is 10.2 Å². The fourth-order valence-electron chi connectivity index (χ4n) is 3.15. The molecule has 1 aromatic carbocycles. The molecular formula is C20H30O4. The summed E-state index contributed by atoms with van der Waals surface area (Å²) >= 11 is 0. The van der Waals surface area contributed by atoms with Gasteiger partial charge in [-0.25, -0.2) is 9.59 Å². The third-order valence-corrected chi connectivity index (χ3v) is 3.87. The first-order valence-corrected chi connectivity index (χ1v) is 8.41. The molecular weight excluding hydrogens is 304 g/mol. The van der Waals surface area contributed by atoms with E-state index in [0.29, 0.717) is 24.8 Å². The predicted molar refractivity (Wildman–Crippen MR) is 96.1 cm³/mol. The SMILES string of the molecule is CCc1c(CC(C)(C)C)cc(C(=O)O)c(C(=O)O)c1CC(C)(C)C. The third-order valence-electron chi connectivity index (χ3n) is 3.87. The standard InChI is InChI=1S/C20H30O4/c1-8-13-12(10-19(2,3)4)9-14(17(21)22)16(18(23)24)15(13)11-20(5,6)7/h9H,8,10-11H2,1-7H3,(H,21,22)(H,23,24). The lowest BCUT2D eigenvalue weighted by Crippen LogP contribution is -2.22. The Kier molecular flexibility index (Phi) is 5.86. The van der Waals surface area contributed by atoms with Crippen molar-refractivity contribution < 1.29 is 19.8 Å². The van der Waals surface area contributed by atoms with Gasteiger partial charge in [0.25, 0.3) is 0 Å². The van der Waals surface area contributed by atoms with Gasteiger partial charge in [0.2, 0.25) is 0 Å². The molecule has 0 spiro atoms. The van der Waals surface area contributed by atoms with E-state index in [9.17, 15) is 19.8 Å². The number of carboxylic acids is 2. The molecule has 0 amide bonds. The summed E-state index contributed by atoms with van der Waals surface area (Å²) in [4.78, 5) is 23.5. The fraction of sp³-hybridized carbons (Fsp3) is 0.600. The molecule has 0 atom stereocenters. The molecule has 2 N–H and O–H groups in total. The lowest BCUT2D eigenvalue weighted by atomic mass is 9.77. The highest BCUT2D eigenvalue weighted by molar-refractivity contribution is 6.03. The van der Waals surface area contributed by atoms with Crippen LogP contribution in [0.4, 0.5) is 0 Å². The highest BCUT2D eigenvalue weighted by atomic mass is 16.4. The van der Waals surface area contributed by atoms with E-state index < -0.39 is 11.9 Å². The molecule has 0 aliphatic heterocycles. The van der Waals surface area contributed by atoms with E-state index in [2.05, 4.69) is 20.8 Å². The number of hydrogen-bond donors (Lipinski definition) is 2. The molecule has 0 aliphatic rings. The summed E-state index contributed by atoms with van der Waals surface area (Å²) in [7, 11) is 0. The van der Waals surface area contributed by atoms with Crippen molar-refractivity contribution >= 4 is 11.9 Å². The molecule has 0 aromatic heterocycles. The lowest BCUT2D eigenvalue weighted by Gasteiger charge is -2.27. The molecule has 1 aromatic rings. The van der Waals surface area contributed by atoms with Gasteiger partial charge in [-0.3, -0.25) is 0 Å². The minimum Gasteiger partial charge on any atom is -0.478 e. The molecule has 0 heterocycles. The zero-order valence-electron chi connectivity index (χ0n) is 15.9. The van der Waals surface area contributed by atoms with Crippen molar-refractivity contribution in [3.63, 3.8) is 0 Å². The summed E-state index contributed by atoms with van der Waals surface area (Å²) in [6.45, 7) is 14.4. The molecule has 0 fully saturated rings. The topological polar surface area (TPSA) is 74.6 Å². The number of carboxylic acid groups (broad SMARTS) is 2. The maximum Gasteiger partial charge on any atom is 0.336 e. The number of rotatable bonds is 5. The molecule has 0 unspecified atom stereocenters. The van der Waals surface area contributed by atoms with Crippen molar-refractivity contribution in [2.75, 3.05) is 0 Å². The van der Waals surface area contributed by atoms with E-state index in [1.54, 1.807) is 6.07 Å². The van der Waals surface area contributed by atoms with Crippen LogP contribution in [0.25, 0.3) is 0 Å². The summed E-state index contributed by atoms with van der Waals surface area (Å²) in [5, 5.41) is 19.2. The van der Waals surface area contributed by atoms with E-state index in [1.807, 2.05) is 27.7 Å². The fourth-order valence-corrected chi connectivity index (χ4v) is 3.15. The second kappa shape index (κ2) is 6.96. The van der Waals surface area contributed by atoms with Gasteiger partial charge in [-0.05, 0) is 52.8 Å². The second-order valence-corrected chi connectivity index (χ2v) is 8.85.